The molecule has 3 rings (SSSR count). The molecule has 3 atom stereocenters. The van der Waals surface area contributed by atoms with E-state index in [1.54, 1.807) is 57.2 Å². The molecule has 2 amide bonds. The van der Waals surface area contributed by atoms with E-state index in [1.165, 1.54) is 6.20 Å². The maximum atomic E-state index is 13.0. The van der Waals surface area contributed by atoms with Crippen LogP contribution in [0.1, 0.15) is 49.5 Å². The largest absolute Gasteiger partial charge is 0.481 e. The van der Waals surface area contributed by atoms with Gasteiger partial charge in [0.1, 0.15) is 11.2 Å². The summed E-state index contributed by atoms with van der Waals surface area (Å²) in [6, 6.07) is 8.51. The number of carboxylic acid groups (broad SMARTS) is 2. The molecule has 1 heterocycles. The Morgan fingerprint density at radius 1 is 1.11 bits per heavy atom. The Morgan fingerprint density at radius 2 is 1.77 bits per heavy atom. The number of aliphatic carboxylic acids is 2. The van der Waals surface area contributed by atoms with Crippen LogP contribution in [0.15, 0.2) is 42.6 Å². The van der Waals surface area contributed by atoms with Gasteiger partial charge in [0.15, 0.2) is 0 Å². The van der Waals surface area contributed by atoms with Gasteiger partial charge in [0, 0.05) is 24.2 Å². The van der Waals surface area contributed by atoms with E-state index in [0.29, 0.717) is 24.1 Å². The molecule has 2 aromatic rings. The zero-order valence-electron chi connectivity index (χ0n) is 19.7. The first-order valence-corrected chi connectivity index (χ1v) is 11.5. The predicted octanol–water partition coefficient (Wildman–Crippen LogP) is 3.63. The number of nitrogens with one attached hydrogen (secondary N) is 2. The number of amides is 2. The lowest BCUT2D eigenvalue weighted by Crippen LogP contribution is -2.49. The normalized spacial score (nSPS) is 21.7. The molecule has 1 aromatic heterocycles. The molecule has 1 aliphatic carbocycles. The molecule has 1 fully saturated rings. The molecule has 1 aromatic carbocycles. The SMILES string of the molecule is CC1(C)[C@@H](C(=O)N[C@@H](Cc2ccc(NC(=O)c3cccnc3Cl)cc2)C(=O)O)CC[C@@]1(C)C(=O)O. The number of anilines is 1. The summed E-state index contributed by atoms with van der Waals surface area (Å²) in [6.07, 6.45) is 2.20. The van der Waals surface area contributed by atoms with Crippen molar-refractivity contribution < 1.29 is 29.4 Å². The van der Waals surface area contributed by atoms with Crippen LogP contribution < -0.4 is 10.6 Å². The van der Waals surface area contributed by atoms with Gasteiger partial charge in [-0.25, -0.2) is 9.78 Å². The number of benzene rings is 1. The average Bonchev–Trinajstić information content (AvgIpc) is 3.04. The van der Waals surface area contributed by atoms with Crippen LogP contribution >= 0.6 is 11.6 Å². The molecule has 4 N–H and O–H groups in total. The first kappa shape index (κ1) is 26.2. The van der Waals surface area contributed by atoms with Crippen molar-refractivity contribution in [1.29, 1.82) is 0 Å². The highest BCUT2D eigenvalue weighted by molar-refractivity contribution is 6.33. The number of rotatable bonds is 8. The van der Waals surface area contributed by atoms with E-state index >= 15 is 0 Å². The van der Waals surface area contributed by atoms with Crippen molar-refractivity contribution in [1.82, 2.24) is 10.3 Å². The standard InChI is InChI=1S/C25H28ClN3O6/c1-24(2)17(10-11-25(24,3)23(34)35)21(31)29-18(22(32)33)13-14-6-8-15(9-7-14)28-20(30)16-5-4-12-27-19(16)26/h4-9,12,17-18H,10-11,13H2,1-3H3,(H,28,30)(H,29,31)(H,32,33)(H,34,35)/t17-,18+,25+/m1/s1. The number of carbonyl (C=O) groups excluding carboxylic acids is 2. The number of hydrogen-bond donors (Lipinski definition) is 4. The smallest absolute Gasteiger partial charge is 0.326 e. The third-order valence-corrected chi connectivity index (χ3v) is 7.59. The Morgan fingerprint density at radius 3 is 2.31 bits per heavy atom. The minimum absolute atomic E-state index is 0.0209. The summed E-state index contributed by atoms with van der Waals surface area (Å²) in [4.78, 5) is 52.9. The lowest BCUT2D eigenvalue weighted by Gasteiger charge is -2.38. The third-order valence-electron chi connectivity index (χ3n) is 7.28. The van der Waals surface area contributed by atoms with Gasteiger partial charge in [-0.2, -0.15) is 0 Å². The van der Waals surface area contributed by atoms with Crippen molar-refractivity contribution in [3.63, 3.8) is 0 Å². The van der Waals surface area contributed by atoms with Crippen LogP contribution in [0.25, 0.3) is 0 Å². The fourth-order valence-electron chi connectivity index (χ4n) is 4.53. The van der Waals surface area contributed by atoms with E-state index in [1.807, 2.05) is 0 Å². The van der Waals surface area contributed by atoms with Crippen molar-refractivity contribution in [2.75, 3.05) is 5.32 Å². The van der Waals surface area contributed by atoms with Gasteiger partial charge in [-0.1, -0.05) is 37.6 Å². The van der Waals surface area contributed by atoms with Crippen molar-refractivity contribution in [2.24, 2.45) is 16.7 Å². The second-order valence-corrected chi connectivity index (χ2v) is 9.90. The van der Waals surface area contributed by atoms with Gasteiger partial charge in [0.25, 0.3) is 5.91 Å². The molecule has 0 radical (unpaired) electrons. The first-order chi connectivity index (χ1) is 16.4. The lowest BCUT2D eigenvalue weighted by atomic mass is 9.65. The number of aromatic nitrogens is 1. The van der Waals surface area contributed by atoms with E-state index in [9.17, 15) is 29.4 Å². The highest BCUT2D eigenvalue weighted by Crippen LogP contribution is 2.56. The van der Waals surface area contributed by atoms with E-state index in [2.05, 4.69) is 15.6 Å². The van der Waals surface area contributed by atoms with Crippen LogP contribution in [0.2, 0.25) is 5.15 Å². The summed E-state index contributed by atoms with van der Waals surface area (Å²) in [5.74, 6) is -3.68. The van der Waals surface area contributed by atoms with Gasteiger partial charge in [0.2, 0.25) is 5.91 Å². The quantitative estimate of drug-likeness (QED) is 0.404. The minimum atomic E-state index is -1.20. The van der Waals surface area contributed by atoms with E-state index in [4.69, 9.17) is 11.6 Å². The van der Waals surface area contributed by atoms with E-state index < -0.39 is 46.5 Å². The Hall–Kier alpha value is -3.46. The van der Waals surface area contributed by atoms with Crippen molar-refractivity contribution in [3.05, 3.63) is 58.9 Å². The van der Waals surface area contributed by atoms with Gasteiger partial charge in [0.05, 0.1) is 11.0 Å². The third kappa shape index (κ3) is 5.30. The summed E-state index contributed by atoms with van der Waals surface area (Å²) < 4.78 is 0. The van der Waals surface area contributed by atoms with E-state index in [0.717, 1.165) is 0 Å². The van der Waals surface area contributed by atoms with Gasteiger partial charge in [-0.3, -0.25) is 14.4 Å². The summed E-state index contributed by atoms with van der Waals surface area (Å²) in [5.41, 5.74) is -0.580. The van der Waals surface area contributed by atoms with Crippen LogP contribution in [-0.2, 0) is 20.8 Å². The predicted molar refractivity (Wildman–Crippen MR) is 129 cm³/mol. The number of pyridine rings is 1. The maximum Gasteiger partial charge on any atom is 0.326 e. The Labute approximate surface area is 207 Å². The average molecular weight is 502 g/mol. The molecule has 9 nitrogen and oxygen atoms in total. The molecule has 10 heteroatoms. The molecule has 0 unspecified atom stereocenters. The summed E-state index contributed by atoms with van der Waals surface area (Å²) in [6.45, 7) is 5.10. The molecule has 1 aliphatic rings. The molecular weight excluding hydrogens is 474 g/mol. The maximum absolute atomic E-state index is 13.0. The van der Waals surface area contributed by atoms with Crippen LogP contribution in [-0.4, -0.2) is 45.0 Å². The Balaban J connectivity index is 1.66. The van der Waals surface area contributed by atoms with Gasteiger partial charge >= 0.3 is 11.9 Å². The van der Waals surface area contributed by atoms with E-state index in [-0.39, 0.29) is 17.1 Å². The van der Waals surface area contributed by atoms with Crippen LogP contribution in [0.4, 0.5) is 5.69 Å². The van der Waals surface area contributed by atoms with Crippen LogP contribution in [0.3, 0.4) is 0 Å². The fraction of sp³-hybridized carbons (Fsp3) is 0.400. The van der Waals surface area contributed by atoms with Gasteiger partial charge < -0.3 is 20.8 Å². The Bertz CT molecular complexity index is 1150. The highest BCUT2D eigenvalue weighted by Gasteiger charge is 2.58. The number of hydrogen-bond acceptors (Lipinski definition) is 5. The van der Waals surface area contributed by atoms with Gasteiger partial charge in [-0.05, 0) is 55.0 Å². The summed E-state index contributed by atoms with van der Waals surface area (Å²) in [5, 5.41) is 24.7. The first-order valence-electron chi connectivity index (χ1n) is 11.1. The number of halogens is 1. The molecule has 35 heavy (non-hydrogen) atoms. The number of nitrogens with zero attached hydrogens (tertiary/aromatic N) is 1. The second kappa shape index (κ2) is 10.0. The zero-order chi connectivity index (χ0) is 26.0. The van der Waals surface area contributed by atoms with Gasteiger partial charge in [-0.15, -0.1) is 0 Å². The molecular formula is C25H28ClN3O6. The summed E-state index contributed by atoms with van der Waals surface area (Å²) in [7, 11) is 0. The van der Waals surface area contributed by atoms with Crippen molar-refractivity contribution in [3.8, 4) is 0 Å². The molecule has 0 saturated heterocycles. The van der Waals surface area contributed by atoms with Crippen molar-refractivity contribution in [2.45, 2.75) is 46.1 Å². The topological polar surface area (TPSA) is 146 Å². The molecule has 0 aliphatic heterocycles. The lowest BCUT2D eigenvalue weighted by molar-refractivity contribution is -0.155. The molecule has 0 spiro atoms. The summed E-state index contributed by atoms with van der Waals surface area (Å²) >= 11 is 5.94. The van der Waals surface area contributed by atoms with Crippen molar-refractivity contribution >= 4 is 41.0 Å². The molecule has 186 valence electrons. The number of carboxylic acids is 2. The number of carbonyl (C=O) groups is 4. The van der Waals surface area contributed by atoms with Crippen LogP contribution in [0, 0.1) is 16.7 Å². The second-order valence-electron chi connectivity index (χ2n) is 9.55. The zero-order valence-corrected chi connectivity index (χ0v) is 20.4. The fourth-order valence-corrected chi connectivity index (χ4v) is 4.73. The molecule has 1 saturated carbocycles. The highest BCUT2D eigenvalue weighted by atomic mass is 35.5. The Kier molecular flexibility index (Phi) is 7.50. The minimum Gasteiger partial charge on any atom is -0.481 e. The molecule has 0 bridgehead atoms. The monoisotopic (exact) mass is 501 g/mol. The van der Waals surface area contributed by atoms with Crippen LogP contribution in [0.5, 0.6) is 0 Å².